The fourth-order valence-electron chi connectivity index (χ4n) is 4.26. The van der Waals surface area contributed by atoms with Crippen LogP contribution in [-0.2, 0) is 4.79 Å². The molecule has 2 heterocycles. The van der Waals surface area contributed by atoms with E-state index in [4.69, 9.17) is 4.74 Å². The number of carbonyl (C=O) groups excluding carboxylic acids is 2. The van der Waals surface area contributed by atoms with E-state index in [1.165, 1.54) is 51.9 Å². The number of thioether (sulfide) groups is 1. The number of aliphatic imine (C=N–C) groups is 1. The Morgan fingerprint density at radius 3 is 2.39 bits per heavy atom. The van der Waals surface area contributed by atoms with E-state index in [2.05, 4.69) is 25.1 Å². The number of amides is 3. The number of halogens is 3. The molecule has 0 saturated carbocycles. The van der Waals surface area contributed by atoms with Crippen LogP contribution in [0.25, 0.3) is 17.8 Å². The maximum absolute atomic E-state index is 12.9. The third-order valence-corrected chi connectivity index (χ3v) is 7.09. The van der Waals surface area contributed by atoms with Crippen molar-refractivity contribution in [1.29, 1.82) is 0 Å². The van der Waals surface area contributed by atoms with Gasteiger partial charge in [0.15, 0.2) is 11.0 Å². The van der Waals surface area contributed by atoms with Crippen LogP contribution >= 0.6 is 11.8 Å². The summed E-state index contributed by atoms with van der Waals surface area (Å²) in [5.74, 6) is 0.500. The Bertz CT molecular complexity index is 1800. The minimum absolute atomic E-state index is 0.145. The van der Waals surface area contributed by atoms with Crippen LogP contribution in [0.1, 0.15) is 37.7 Å². The van der Waals surface area contributed by atoms with Crippen molar-refractivity contribution in [2.45, 2.75) is 39.7 Å². The number of alkyl halides is 3. The molecule has 46 heavy (non-hydrogen) atoms. The quantitative estimate of drug-likeness (QED) is 0.221. The first kappa shape index (κ1) is 32.3. The van der Waals surface area contributed by atoms with Crippen molar-refractivity contribution in [2.24, 2.45) is 4.99 Å². The van der Waals surface area contributed by atoms with Crippen molar-refractivity contribution in [1.82, 2.24) is 14.8 Å². The lowest BCUT2D eigenvalue weighted by Crippen LogP contribution is -2.32. The summed E-state index contributed by atoms with van der Waals surface area (Å²) in [7, 11) is 0. The molecule has 1 fully saturated rings. The van der Waals surface area contributed by atoms with Crippen LogP contribution in [0.2, 0.25) is 0 Å². The van der Waals surface area contributed by atoms with Crippen LogP contribution in [-0.4, -0.2) is 49.6 Å². The number of urea groups is 1. The Labute approximate surface area is 266 Å². The van der Waals surface area contributed by atoms with Crippen molar-refractivity contribution in [3.63, 3.8) is 0 Å². The number of hydrogen-bond donors (Lipinski definition) is 1. The first-order valence-electron chi connectivity index (χ1n) is 13.9. The van der Waals surface area contributed by atoms with Gasteiger partial charge in [0.25, 0.3) is 0 Å². The summed E-state index contributed by atoms with van der Waals surface area (Å²) in [5.41, 5.74) is 2.76. The number of aromatic nitrogens is 3. The highest BCUT2D eigenvalue weighted by atomic mass is 32.2. The average molecular weight is 651 g/mol. The number of ether oxygens (including phenoxy) is 2. The van der Waals surface area contributed by atoms with Gasteiger partial charge in [-0.15, -0.1) is 18.3 Å². The van der Waals surface area contributed by atoms with Crippen molar-refractivity contribution in [2.75, 3.05) is 16.0 Å². The molecule has 5 rings (SSSR count). The number of rotatable bonds is 7. The zero-order valence-electron chi connectivity index (χ0n) is 25.2. The van der Waals surface area contributed by atoms with Gasteiger partial charge in [-0.05, 0) is 93.4 Å². The molecule has 10 nitrogen and oxygen atoms in total. The van der Waals surface area contributed by atoms with Gasteiger partial charge in [0.05, 0.1) is 17.1 Å². The predicted molar refractivity (Wildman–Crippen MR) is 171 cm³/mol. The molecule has 0 unspecified atom stereocenters. The van der Waals surface area contributed by atoms with Gasteiger partial charge in [-0.1, -0.05) is 36.0 Å². The highest BCUT2D eigenvalue weighted by Crippen LogP contribution is 2.37. The highest BCUT2D eigenvalue weighted by Gasteiger charge is 2.33. The van der Waals surface area contributed by atoms with Crippen molar-refractivity contribution in [3.8, 4) is 17.2 Å². The maximum Gasteiger partial charge on any atom is 0.573 e. The van der Waals surface area contributed by atoms with Crippen LogP contribution in [0.15, 0.2) is 78.0 Å². The second kappa shape index (κ2) is 13.1. The molecule has 3 aromatic carbocycles. The molecule has 1 saturated heterocycles. The van der Waals surface area contributed by atoms with E-state index in [9.17, 15) is 22.8 Å². The third kappa shape index (κ3) is 8.53. The van der Waals surface area contributed by atoms with E-state index >= 15 is 0 Å². The lowest BCUT2D eigenvalue weighted by atomic mass is 10.1. The standard InChI is InChI=1S/C32H29F3N6O4S/c1-20-5-15-26(45-31(2,3)4)25(17-20)41-28(42)18-46-30(41)38-29(43)37-22-9-6-21(7-10-22)8-16-27-36-19-40(39-27)23-11-13-24(14-12-23)44-32(33,34)35/h5-17,19H,18H2,1-4H3,(H,37,43)/b16-8+,38-30-. The predicted octanol–water partition coefficient (Wildman–Crippen LogP) is 7.49. The van der Waals surface area contributed by atoms with Gasteiger partial charge in [0, 0.05) is 5.69 Å². The fourth-order valence-corrected chi connectivity index (χ4v) is 5.12. The van der Waals surface area contributed by atoms with E-state index in [1.807, 2.05) is 39.8 Å². The lowest BCUT2D eigenvalue weighted by molar-refractivity contribution is -0.274. The fraction of sp³-hybridized carbons (Fsp3) is 0.219. The van der Waals surface area contributed by atoms with Gasteiger partial charge in [0.1, 0.15) is 23.4 Å². The third-order valence-electron chi connectivity index (χ3n) is 6.17. The first-order chi connectivity index (χ1) is 21.7. The topological polar surface area (TPSA) is 111 Å². The Morgan fingerprint density at radius 2 is 1.72 bits per heavy atom. The Kier molecular flexibility index (Phi) is 9.19. The average Bonchev–Trinajstić information content (AvgIpc) is 3.59. The maximum atomic E-state index is 12.9. The SMILES string of the molecule is Cc1ccc(OC(C)(C)C)c(N2C(=O)CS/C2=N\C(=O)Nc2ccc(/C=C/c3ncn(-c4ccc(OC(F)(F)F)cc4)n3)cc2)c1. The van der Waals surface area contributed by atoms with Crippen LogP contribution in [0.4, 0.5) is 29.3 Å². The summed E-state index contributed by atoms with van der Waals surface area (Å²) in [5, 5.41) is 7.29. The Balaban J connectivity index is 1.22. The Morgan fingerprint density at radius 1 is 1.00 bits per heavy atom. The van der Waals surface area contributed by atoms with Crippen molar-refractivity contribution < 1.29 is 32.2 Å². The zero-order valence-corrected chi connectivity index (χ0v) is 26.0. The van der Waals surface area contributed by atoms with Crippen molar-refractivity contribution >= 4 is 52.4 Å². The number of benzene rings is 3. The molecule has 0 atom stereocenters. The number of carbonyl (C=O) groups is 2. The van der Waals surface area contributed by atoms with Gasteiger partial charge in [0.2, 0.25) is 5.91 Å². The molecular weight excluding hydrogens is 621 g/mol. The van der Waals surface area contributed by atoms with Gasteiger partial charge in [-0.3, -0.25) is 9.69 Å². The van der Waals surface area contributed by atoms with E-state index in [0.717, 1.165) is 11.1 Å². The monoisotopic (exact) mass is 650 g/mol. The molecule has 1 aliphatic rings. The number of anilines is 2. The molecule has 1 N–H and O–H groups in total. The number of amidine groups is 1. The second-order valence-electron chi connectivity index (χ2n) is 11.1. The zero-order chi connectivity index (χ0) is 33.1. The number of hydrogen-bond acceptors (Lipinski definition) is 7. The van der Waals surface area contributed by atoms with Crippen molar-refractivity contribution in [3.05, 3.63) is 90.0 Å². The van der Waals surface area contributed by atoms with Crippen LogP contribution in [0.5, 0.6) is 11.5 Å². The van der Waals surface area contributed by atoms with Crippen LogP contribution in [0, 0.1) is 6.92 Å². The molecule has 3 amide bonds. The van der Waals surface area contributed by atoms with Gasteiger partial charge in [-0.25, -0.2) is 14.5 Å². The molecule has 0 aliphatic carbocycles. The lowest BCUT2D eigenvalue weighted by Gasteiger charge is -2.26. The summed E-state index contributed by atoms with van der Waals surface area (Å²) in [6, 6.07) is 17.1. The number of nitrogens with zero attached hydrogens (tertiary/aromatic N) is 5. The van der Waals surface area contributed by atoms with Gasteiger partial charge < -0.3 is 14.8 Å². The molecule has 1 aliphatic heterocycles. The molecule has 4 aromatic rings. The van der Waals surface area contributed by atoms with Gasteiger partial charge in [-0.2, -0.15) is 4.99 Å². The van der Waals surface area contributed by atoms with E-state index in [1.54, 1.807) is 42.5 Å². The number of aryl methyl sites for hydroxylation is 1. The van der Waals surface area contributed by atoms with Crippen LogP contribution < -0.4 is 19.7 Å². The normalized spacial score (nSPS) is 14.7. The molecule has 14 heteroatoms. The first-order valence-corrected chi connectivity index (χ1v) is 14.9. The van der Waals surface area contributed by atoms with Gasteiger partial charge >= 0.3 is 12.4 Å². The Hall–Kier alpha value is -5.11. The molecule has 1 aromatic heterocycles. The summed E-state index contributed by atoms with van der Waals surface area (Å²) >= 11 is 1.18. The van der Waals surface area contributed by atoms with Crippen LogP contribution in [0.3, 0.4) is 0 Å². The minimum Gasteiger partial charge on any atom is -0.486 e. The van der Waals surface area contributed by atoms with E-state index in [-0.39, 0.29) is 22.6 Å². The molecular formula is C32H29F3N6O4S. The largest absolute Gasteiger partial charge is 0.573 e. The number of nitrogens with one attached hydrogen (secondary N) is 1. The molecule has 0 bridgehead atoms. The highest BCUT2D eigenvalue weighted by molar-refractivity contribution is 8.15. The minimum atomic E-state index is -4.77. The summed E-state index contributed by atoms with van der Waals surface area (Å²) in [6.07, 6.45) is 0.110. The molecule has 0 radical (unpaired) electrons. The smallest absolute Gasteiger partial charge is 0.486 e. The van der Waals surface area contributed by atoms with E-state index < -0.39 is 18.0 Å². The molecule has 238 valence electrons. The van der Waals surface area contributed by atoms with E-state index in [0.29, 0.717) is 28.6 Å². The summed E-state index contributed by atoms with van der Waals surface area (Å²) in [4.78, 5) is 35.5. The summed E-state index contributed by atoms with van der Waals surface area (Å²) in [6.45, 7) is 7.65. The molecule has 0 spiro atoms. The summed E-state index contributed by atoms with van der Waals surface area (Å²) < 4.78 is 48.6. The second-order valence-corrected chi connectivity index (χ2v) is 12.0.